The third kappa shape index (κ3) is 4.49. The highest BCUT2D eigenvalue weighted by Crippen LogP contribution is 2.32. The summed E-state index contributed by atoms with van der Waals surface area (Å²) in [5, 5.41) is 2.91. The quantitative estimate of drug-likeness (QED) is 0.599. The standard InChI is InChI=1S/C23H21NO3S/c1-16-2-9-20(10-3-16)28-15-17-4-6-18(7-5-17)23(25)24-19-8-11-21-22(14-19)27-13-12-26-21/h2-11,14H,12-13,15H2,1H3,(H,24,25). The zero-order chi connectivity index (χ0) is 19.3. The first-order valence-corrected chi connectivity index (χ1v) is 10.2. The number of carbonyl (C=O) groups excluding carboxylic acids is 1. The molecule has 1 aliphatic heterocycles. The maximum absolute atomic E-state index is 12.5. The van der Waals surface area contributed by atoms with E-state index in [2.05, 4.69) is 36.5 Å². The van der Waals surface area contributed by atoms with Crippen LogP contribution >= 0.6 is 11.8 Å². The Morgan fingerprint density at radius 2 is 1.64 bits per heavy atom. The van der Waals surface area contributed by atoms with Crippen LogP contribution in [-0.2, 0) is 5.75 Å². The Labute approximate surface area is 168 Å². The molecule has 1 N–H and O–H groups in total. The smallest absolute Gasteiger partial charge is 0.255 e. The van der Waals surface area contributed by atoms with Crippen molar-refractivity contribution in [3.05, 3.63) is 83.4 Å². The van der Waals surface area contributed by atoms with E-state index in [-0.39, 0.29) is 5.91 Å². The summed E-state index contributed by atoms with van der Waals surface area (Å²) in [4.78, 5) is 13.8. The van der Waals surface area contributed by atoms with E-state index in [0.29, 0.717) is 36.0 Å². The summed E-state index contributed by atoms with van der Waals surface area (Å²) < 4.78 is 11.1. The van der Waals surface area contributed by atoms with Crippen LogP contribution in [0.1, 0.15) is 21.5 Å². The molecule has 4 rings (SSSR count). The van der Waals surface area contributed by atoms with Gasteiger partial charge in [0.25, 0.3) is 5.91 Å². The molecule has 0 radical (unpaired) electrons. The van der Waals surface area contributed by atoms with Gasteiger partial charge in [-0.1, -0.05) is 29.8 Å². The van der Waals surface area contributed by atoms with Gasteiger partial charge < -0.3 is 14.8 Å². The molecule has 142 valence electrons. The lowest BCUT2D eigenvalue weighted by Gasteiger charge is -2.19. The number of anilines is 1. The highest BCUT2D eigenvalue weighted by atomic mass is 32.2. The van der Waals surface area contributed by atoms with E-state index in [1.807, 2.05) is 36.4 Å². The molecule has 0 bridgehead atoms. The molecule has 3 aromatic rings. The first kappa shape index (κ1) is 18.4. The molecular formula is C23H21NO3S. The molecule has 0 spiro atoms. The minimum atomic E-state index is -0.144. The van der Waals surface area contributed by atoms with Crippen molar-refractivity contribution in [1.29, 1.82) is 0 Å². The highest BCUT2D eigenvalue weighted by Gasteiger charge is 2.13. The zero-order valence-corrected chi connectivity index (χ0v) is 16.4. The number of hydrogen-bond donors (Lipinski definition) is 1. The van der Waals surface area contributed by atoms with Gasteiger partial charge in [0.15, 0.2) is 11.5 Å². The Morgan fingerprint density at radius 3 is 2.39 bits per heavy atom. The predicted octanol–water partition coefficient (Wildman–Crippen LogP) is 5.31. The van der Waals surface area contributed by atoms with Crippen molar-refractivity contribution in [1.82, 2.24) is 0 Å². The van der Waals surface area contributed by atoms with E-state index < -0.39 is 0 Å². The van der Waals surface area contributed by atoms with Crippen LogP contribution < -0.4 is 14.8 Å². The lowest BCUT2D eigenvalue weighted by atomic mass is 10.1. The van der Waals surface area contributed by atoms with Crippen LogP contribution in [0.3, 0.4) is 0 Å². The molecule has 0 saturated heterocycles. The molecule has 0 atom stereocenters. The van der Waals surface area contributed by atoms with Crippen molar-refractivity contribution >= 4 is 23.4 Å². The van der Waals surface area contributed by atoms with Gasteiger partial charge in [-0.3, -0.25) is 4.79 Å². The van der Waals surface area contributed by atoms with Crippen LogP contribution in [0, 0.1) is 6.92 Å². The fourth-order valence-electron chi connectivity index (χ4n) is 2.88. The van der Waals surface area contributed by atoms with Crippen LogP contribution in [0.4, 0.5) is 5.69 Å². The molecule has 5 heteroatoms. The number of fused-ring (bicyclic) bond motifs is 1. The van der Waals surface area contributed by atoms with Crippen LogP contribution in [-0.4, -0.2) is 19.1 Å². The Bertz CT molecular complexity index is 968. The molecule has 1 amide bonds. The number of thioether (sulfide) groups is 1. The first-order chi connectivity index (χ1) is 13.7. The molecule has 28 heavy (non-hydrogen) atoms. The van der Waals surface area contributed by atoms with Crippen molar-refractivity contribution < 1.29 is 14.3 Å². The lowest BCUT2D eigenvalue weighted by Crippen LogP contribution is -2.16. The van der Waals surface area contributed by atoms with Crippen molar-refractivity contribution in [3.8, 4) is 11.5 Å². The van der Waals surface area contributed by atoms with E-state index in [0.717, 1.165) is 5.75 Å². The highest BCUT2D eigenvalue weighted by molar-refractivity contribution is 7.98. The van der Waals surface area contributed by atoms with E-state index in [9.17, 15) is 4.79 Å². The van der Waals surface area contributed by atoms with Gasteiger partial charge in [0.05, 0.1) is 0 Å². The van der Waals surface area contributed by atoms with E-state index in [1.54, 1.807) is 17.8 Å². The monoisotopic (exact) mass is 391 g/mol. The molecule has 1 heterocycles. The summed E-state index contributed by atoms with van der Waals surface area (Å²) in [6, 6.07) is 21.6. The van der Waals surface area contributed by atoms with Crippen molar-refractivity contribution in [2.75, 3.05) is 18.5 Å². The number of aryl methyl sites for hydroxylation is 1. The number of rotatable bonds is 5. The second-order valence-electron chi connectivity index (χ2n) is 6.61. The fraction of sp³-hybridized carbons (Fsp3) is 0.174. The van der Waals surface area contributed by atoms with Gasteiger partial charge in [0.1, 0.15) is 13.2 Å². The molecular weight excluding hydrogens is 370 g/mol. The molecule has 1 aliphatic rings. The van der Waals surface area contributed by atoms with Crippen LogP contribution in [0.25, 0.3) is 0 Å². The number of ether oxygens (including phenoxy) is 2. The van der Waals surface area contributed by atoms with E-state index in [1.165, 1.54) is 16.0 Å². The topological polar surface area (TPSA) is 47.6 Å². The van der Waals surface area contributed by atoms with Crippen LogP contribution in [0.15, 0.2) is 71.6 Å². The summed E-state index contributed by atoms with van der Waals surface area (Å²) in [6.07, 6.45) is 0. The van der Waals surface area contributed by atoms with Gasteiger partial charge in [-0.2, -0.15) is 0 Å². The van der Waals surface area contributed by atoms with Gasteiger partial charge in [-0.15, -0.1) is 11.8 Å². The summed E-state index contributed by atoms with van der Waals surface area (Å²) in [5.41, 5.74) is 3.76. The number of benzene rings is 3. The van der Waals surface area contributed by atoms with Crippen molar-refractivity contribution in [2.24, 2.45) is 0 Å². The maximum Gasteiger partial charge on any atom is 0.255 e. The van der Waals surface area contributed by atoms with Gasteiger partial charge in [-0.25, -0.2) is 0 Å². The van der Waals surface area contributed by atoms with E-state index in [4.69, 9.17) is 9.47 Å². The normalized spacial score (nSPS) is 12.5. The third-order valence-electron chi connectivity index (χ3n) is 4.44. The molecule has 0 saturated carbocycles. The largest absolute Gasteiger partial charge is 0.486 e. The van der Waals surface area contributed by atoms with E-state index >= 15 is 0 Å². The number of carbonyl (C=O) groups is 1. The molecule has 3 aromatic carbocycles. The number of nitrogens with one attached hydrogen (secondary N) is 1. The predicted molar refractivity (Wildman–Crippen MR) is 113 cm³/mol. The molecule has 0 unspecified atom stereocenters. The SMILES string of the molecule is Cc1ccc(SCc2ccc(C(=O)Nc3ccc4c(c3)OCCO4)cc2)cc1. The van der Waals surface area contributed by atoms with Crippen LogP contribution in [0.2, 0.25) is 0 Å². The number of hydrogen-bond acceptors (Lipinski definition) is 4. The Balaban J connectivity index is 1.36. The summed E-state index contributed by atoms with van der Waals surface area (Å²) >= 11 is 1.79. The molecule has 0 aromatic heterocycles. The van der Waals surface area contributed by atoms with Crippen molar-refractivity contribution in [3.63, 3.8) is 0 Å². The summed E-state index contributed by atoms with van der Waals surface area (Å²) in [7, 11) is 0. The summed E-state index contributed by atoms with van der Waals surface area (Å²) in [5.74, 6) is 2.09. The minimum absolute atomic E-state index is 0.144. The number of amides is 1. The van der Waals surface area contributed by atoms with Gasteiger partial charge in [0.2, 0.25) is 0 Å². The Morgan fingerprint density at radius 1 is 0.929 bits per heavy atom. The van der Waals surface area contributed by atoms with Gasteiger partial charge in [-0.05, 0) is 48.9 Å². The van der Waals surface area contributed by atoms with Crippen molar-refractivity contribution in [2.45, 2.75) is 17.6 Å². The maximum atomic E-state index is 12.5. The lowest BCUT2D eigenvalue weighted by molar-refractivity contribution is 0.102. The van der Waals surface area contributed by atoms with Gasteiger partial charge >= 0.3 is 0 Å². The second kappa shape index (κ2) is 8.40. The van der Waals surface area contributed by atoms with Gasteiger partial charge in [0, 0.05) is 28.0 Å². The average Bonchev–Trinajstić information content (AvgIpc) is 2.73. The van der Waals surface area contributed by atoms with Crippen LogP contribution in [0.5, 0.6) is 11.5 Å². The average molecular weight is 391 g/mol. The molecule has 4 nitrogen and oxygen atoms in total. The Kier molecular flexibility index (Phi) is 5.53. The Hall–Kier alpha value is -2.92. The zero-order valence-electron chi connectivity index (χ0n) is 15.6. The first-order valence-electron chi connectivity index (χ1n) is 9.17. The minimum Gasteiger partial charge on any atom is -0.486 e. The molecule has 0 fully saturated rings. The summed E-state index contributed by atoms with van der Waals surface area (Å²) in [6.45, 7) is 3.16. The molecule has 0 aliphatic carbocycles. The second-order valence-corrected chi connectivity index (χ2v) is 7.66. The third-order valence-corrected chi connectivity index (χ3v) is 5.53. The fourth-order valence-corrected chi connectivity index (χ4v) is 3.73.